The zero-order valence-corrected chi connectivity index (χ0v) is 62.4. The standard InChI is InChI=1S/2C54H32N2O2/c1-6-24-46-37(16-1)38-17-2-7-25-47(38)55(46)35-31-44(53-45(32-35)41-20-5-10-29-51(41)57-53)34-15-11-14-33(30-34)36-21-12-22-42-43-23-13-28-50(54(43)58-52(36)42)56-48-26-8-3-18-39(48)40-19-4-9-27-49(40)56;1-6-21-45-37(15-1)38-16-2-7-22-46(38)55(45)49-25-12-20-42-43-30-35(27-28-52(43)58-53(42)49)33-13-11-14-34(29-33)36-31-44-41-19-5-10-26-51(41)57-54(44)50(32-36)56-47-23-8-3-17-39(47)40-18-4-9-24-48(40)56/h2*1-32H. The summed E-state index contributed by atoms with van der Waals surface area (Å²) in [4.78, 5) is 0. The van der Waals surface area contributed by atoms with Crippen molar-refractivity contribution in [2.24, 2.45) is 0 Å². The van der Waals surface area contributed by atoms with Crippen LogP contribution in [0.3, 0.4) is 0 Å². The zero-order valence-electron chi connectivity index (χ0n) is 62.4. The van der Waals surface area contributed by atoms with E-state index in [1.807, 2.05) is 12.1 Å². The Labute approximate surface area is 662 Å². The number of fused-ring (bicyclic) bond motifs is 24. The van der Waals surface area contributed by atoms with E-state index in [-0.39, 0.29) is 0 Å². The van der Waals surface area contributed by atoms with Crippen molar-refractivity contribution < 1.29 is 17.7 Å². The molecule has 0 fully saturated rings. The van der Waals surface area contributed by atoms with Gasteiger partial charge in [0.1, 0.15) is 27.9 Å². The Bertz CT molecular complexity index is 8420. The van der Waals surface area contributed by atoms with Gasteiger partial charge < -0.3 is 35.9 Å². The molecule has 8 aromatic heterocycles. The Kier molecular flexibility index (Phi) is 13.8. The first-order valence-corrected chi connectivity index (χ1v) is 39.5. The molecular formula is C108H64N4O4. The highest BCUT2D eigenvalue weighted by Crippen LogP contribution is 2.48. The highest BCUT2D eigenvalue weighted by molar-refractivity contribution is 6.19. The Morgan fingerprint density at radius 1 is 0.147 bits per heavy atom. The Hall–Kier alpha value is -15.6. The molecule has 0 bridgehead atoms. The molecule has 0 saturated heterocycles. The molecule has 0 aliphatic carbocycles. The molecule has 0 spiro atoms. The smallest absolute Gasteiger partial charge is 0.159 e. The molecule has 0 aliphatic rings. The molecule has 0 N–H and O–H groups in total. The molecule has 8 nitrogen and oxygen atoms in total. The molecule has 0 aliphatic heterocycles. The second-order valence-corrected chi connectivity index (χ2v) is 30.5. The molecular weight excluding hydrogens is 1420 g/mol. The lowest BCUT2D eigenvalue weighted by Crippen LogP contribution is -1.95. The summed E-state index contributed by atoms with van der Waals surface area (Å²) in [5.74, 6) is 0. The van der Waals surface area contributed by atoms with Crippen LogP contribution in [0.1, 0.15) is 0 Å². The van der Waals surface area contributed by atoms with Crippen LogP contribution >= 0.6 is 0 Å². The van der Waals surface area contributed by atoms with E-state index < -0.39 is 0 Å². The monoisotopic (exact) mass is 1480 g/mol. The van der Waals surface area contributed by atoms with Gasteiger partial charge in [0, 0.05) is 103 Å². The van der Waals surface area contributed by atoms with Gasteiger partial charge in [-0.3, -0.25) is 0 Å². The van der Waals surface area contributed by atoms with Crippen LogP contribution in [0.4, 0.5) is 0 Å². The number of aromatic nitrogens is 4. The fraction of sp³-hybridized carbons (Fsp3) is 0. The van der Waals surface area contributed by atoms with E-state index in [1.165, 1.54) is 54.1 Å². The van der Waals surface area contributed by atoms with Crippen LogP contribution in [0, 0.1) is 0 Å². The SMILES string of the molecule is c1cc(-c2cc(-n3c4ccccc4c4ccccc43)cc3c2oc2ccccc23)cc(-c2cccc3c2oc2c(-n4c5ccccc5c5ccccc54)cccc23)c1.c1cc(-c2ccc3oc4c(-n5c6ccccc6c6ccccc65)cccc4c3c2)cc(-c2cc(-n3c4ccccc4c4ccccc43)c3oc4ccccc4c3c2)c1. The lowest BCUT2D eigenvalue weighted by atomic mass is 9.96. The second kappa shape index (κ2) is 24.9. The number of hydrogen-bond acceptors (Lipinski definition) is 4. The summed E-state index contributed by atoms with van der Waals surface area (Å²) in [5, 5.41) is 18.6. The molecule has 0 amide bonds. The van der Waals surface area contributed by atoms with Crippen molar-refractivity contribution in [3.05, 3.63) is 388 Å². The van der Waals surface area contributed by atoms with Gasteiger partial charge in [-0.25, -0.2) is 0 Å². The third-order valence-corrected chi connectivity index (χ3v) is 24.2. The van der Waals surface area contributed by atoms with Crippen molar-refractivity contribution in [2.45, 2.75) is 0 Å². The minimum Gasteiger partial charge on any atom is -0.455 e. The Morgan fingerprint density at radius 3 is 0.957 bits per heavy atom. The third-order valence-electron chi connectivity index (χ3n) is 24.2. The van der Waals surface area contributed by atoms with Crippen LogP contribution in [-0.2, 0) is 0 Å². The van der Waals surface area contributed by atoms with E-state index in [4.69, 9.17) is 17.7 Å². The van der Waals surface area contributed by atoms with Crippen LogP contribution in [0.25, 0.3) is 242 Å². The van der Waals surface area contributed by atoms with Gasteiger partial charge in [0.15, 0.2) is 16.7 Å². The van der Waals surface area contributed by atoms with Gasteiger partial charge in [0.2, 0.25) is 0 Å². The van der Waals surface area contributed by atoms with Crippen LogP contribution in [-0.4, -0.2) is 18.3 Å². The number of furan rings is 4. The molecule has 0 atom stereocenters. The summed E-state index contributed by atoms with van der Waals surface area (Å²) in [7, 11) is 0. The summed E-state index contributed by atoms with van der Waals surface area (Å²) in [6.07, 6.45) is 0. The van der Waals surface area contributed by atoms with Crippen molar-refractivity contribution in [3.8, 4) is 67.3 Å². The van der Waals surface area contributed by atoms with Gasteiger partial charge >= 0.3 is 0 Å². The average Bonchev–Trinajstić information content (AvgIpc) is 1.58. The van der Waals surface area contributed by atoms with Crippen LogP contribution < -0.4 is 0 Å². The molecule has 0 unspecified atom stereocenters. The van der Waals surface area contributed by atoms with Gasteiger partial charge in [-0.15, -0.1) is 0 Å². The van der Waals surface area contributed by atoms with Crippen molar-refractivity contribution in [3.63, 3.8) is 0 Å². The van der Waals surface area contributed by atoms with Crippen LogP contribution in [0.15, 0.2) is 406 Å². The minimum atomic E-state index is 0.871. The maximum Gasteiger partial charge on any atom is 0.159 e. The first-order chi connectivity index (χ1) is 57.5. The predicted molar refractivity (Wildman–Crippen MR) is 481 cm³/mol. The minimum absolute atomic E-state index is 0.871. The molecule has 116 heavy (non-hydrogen) atoms. The zero-order chi connectivity index (χ0) is 75.8. The Balaban J connectivity index is 0.000000130. The summed E-state index contributed by atoms with van der Waals surface area (Å²) in [5.41, 5.74) is 29.3. The highest BCUT2D eigenvalue weighted by Gasteiger charge is 2.26. The Morgan fingerprint density at radius 2 is 0.457 bits per heavy atom. The topological polar surface area (TPSA) is 72.3 Å². The molecule has 0 saturated carbocycles. The summed E-state index contributed by atoms with van der Waals surface area (Å²) in [6, 6.07) is 139. The maximum atomic E-state index is 7.05. The largest absolute Gasteiger partial charge is 0.455 e. The first-order valence-electron chi connectivity index (χ1n) is 39.5. The molecule has 8 heteroatoms. The molecule has 8 heterocycles. The fourth-order valence-corrected chi connectivity index (χ4v) is 19.1. The van der Waals surface area contributed by atoms with E-state index in [0.29, 0.717) is 0 Å². The van der Waals surface area contributed by atoms with Crippen LogP contribution in [0.2, 0.25) is 0 Å². The third kappa shape index (κ3) is 9.49. The number of hydrogen-bond donors (Lipinski definition) is 0. The number of rotatable bonds is 8. The van der Waals surface area contributed by atoms with E-state index in [0.717, 1.165) is 188 Å². The van der Waals surface area contributed by atoms with E-state index in [1.54, 1.807) is 0 Å². The van der Waals surface area contributed by atoms with Gasteiger partial charge in [0.05, 0.1) is 61.2 Å². The second-order valence-electron chi connectivity index (χ2n) is 30.5. The summed E-state index contributed by atoms with van der Waals surface area (Å²) in [6.45, 7) is 0. The van der Waals surface area contributed by atoms with Crippen molar-refractivity contribution in [1.29, 1.82) is 0 Å². The van der Waals surface area contributed by atoms with Crippen molar-refractivity contribution in [1.82, 2.24) is 18.3 Å². The van der Waals surface area contributed by atoms with Crippen molar-refractivity contribution in [2.75, 3.05) is 0 Å². The van der Waals surface area contributed by atoms with E-state index in [9.17, 15) is 0 Å². The van der Waals surface area contributed by atoms with Gasteiger partial charge in [-0.05, 0) is 155 Å². The van der Waals surface area contributed by atoms with Gasteiger partial charge in [-0.1, -0.05) is 267 Å². The molecule has 18 aromatic carbocycles. The first kappa shape index (κ1) is 64.1. The normalized spacial score (nSPS) is 12.1. The summed E-state index contributed by atoms with van der Waals surface area (Å²) >= 11 is 0. The van der Waals surface area contributed by atoms with Gasteiger partial charge in [0.25, 0.3) is 0 Å². The van der Waals surface area contributed by atoms with E-state index >= 15 is 0 Å². The molecule has 0 radical (unpaired) electrons. The predicted octanol–water partition coefficient (Wildman–Crippen LogP) is 30.0. The fourth-order valence-electron chi connectivity index (χ4n) is 19.1. The number of para-hydroxylation sites is 13. The quantitative estimate of drug-likeness (QED) is 0.152. The highest BCUT2D eigenvalue weighted by atomic mass is 16.3. The lowest BCUT2D eigenvalue weighted by Gasteiger charge is -2.12. The summed E-state index contributed by atoms with van der Waals surface area (Å²) < 4.78 is 36.7. The molecule has 26 rings (SSSR count). The van der Waals surface area contributed by atoms with Crippen LogP contribution in [0.5, 0.6) is 0 Å². The molecule has 540 valence electrons. The maximum absolute atomic E-state index is 7.05. The average molecular weight is 1480 g/mol. The van der Waals surface area contributed by atoms with Crippen molar-refractivity contribution >= 4 is 175 Å². The van der Waals surface area contributed by atoms with E-state index in [2.05, 4.69) is 394 Å². The lowest BCUT2D eigenvalue weighted by molar-refractivity contribution is 0.666. The number of benzene rings is 18. The number of nitrogens with zero attached hydrogens (tertiary/aromatic N) is 4. The molecule has 26 aromatic rings. The van der Waals surface area contributed by atoms with Gasteiger partial charge in [-0.2, -0.15) is 0 Å².